The Balaban J connectivity index is 0.00000149. The average molecular weight is 477 g/mol. The Morgan fingerprint density at radius 3 is 2.58 bits per heavy atom. The zero-order chi connectivity index (χ0) is 23.8. The summed E-state index contributed by atoms with van der Waals surface area (Å²) in [7, 11) is 0. The fourth-order valence-electron chi connectivity index (χ4n) is 4.61. The van der Waals surface area contributed by atoms with E-state index in [4.69, 9.17) is 5.73 Å². The minimum Gasteiger partial charge on any atom is -0.401 e. The lowest BCUT2D eigenvalue weighted by atomic mass is 9.91. The van der Waals surface area contributed by atoms with Crippen LogP contribution in [0.25, 0.3) is 0 Å². The molecule has 33 heavy (non-hydrogen) atoms. The molecule has 1 saturated carbocycles. The van der Waals surface area contributed by atoms with E-state index >= 15 is 0 Å². The van der Waals surface area contributed by atoms with Crippen molar-refractivity contribution in [2.45, 2.75) is 58.9 Å². The van der Waals surface area contributed by atoms with Crippen LogP contribution in [0.2, 0.25) is 0 Å². The summed E-state index contributed by atoms with van der Waals surface area (Å²) >= 11 is 1.74. The second-order valence-corrected chi connectivity index (χ2v) is 10.2. The van der Waals surface area contributed by atoms with Gasteiger partial charge >= 0.3 is 0 Å². The predicted octanol–water partition coefficient (Wildman–Crippen LogP) is 4.45. The van der Waals surface area contributed by atoms with Gasteiger partial charge in [0, 0.05) is 68.1 Å². The SMILES string of the molecule is CC.CC1=C(F)C=CCC(CSC2=C(N)CCN(CC(=O)N3CCN(C4CCC4)CC3)C2)=C1. The number of allylic oxidation sites excluding steroid dienone is 5. The highest BCUT2D eigenvalue weighted by Crippen LogP contribution is 2.29. The molecule has 2 N–H and O–H groups in total. The first-order valence-corrected chi connectivity index (χ1v) is 13.5. The van der Waals surface area contributed by atoms with E-state index in [-0.39, 0.29) is 11.7 Å². The lowest BCUT2D eigenvalue weighted by molar-refractivity contribution is -0.134. The normalized spacial score (nSPS) is 23.0. The molecule has 0 atom stereocenters. The summed E-state index contributed by atoms with van der Waals surface area (Å²) in [6, 6.07) is 0.766. The third-order valence-corrected chi connectivity index (χ3v) is 8.17. The quantitative estimate of drug-likeness (QED) is 0.614. The summed E-state index contributed by atoms with van der Waals surface area (Å²) in [5, 5.41) is 0. The number of thioether (sulfide) groups is 1. The Hall–Kier alpha value is -1.57. The fourth-order valence-corrected chi connectivity index (χ4v) is 5.74. The second-order valence-electron chi connectivity index (χ2n) is 9.14. The number of hydrogen-bond acceptors (Lipinski definition) is 5. The number of amides is 1. The van der Waals surface area contributed by atoms with Gasteiger partial charge in [-0.3, -0.25) is 14.6 Å². The van der Waals surface area contributed by atoms with Crippen LogP contribution in [-0.2, 0) is 4.79 Å². The topological polar surface area (TPSA) is 52.8 Å². The van der Waals surface area contributed by atoms with Crippen LogP contribution >= 0.6 is 11.8 Å². The molecule has 5 nitrogen and oxygen atoms in total. The van der Waals surface area contributed by atoms with Gasteiger partial charge < -0.3 is 10.6 Å². The Bertz CT molecular complexity index is 807. The molecule has 2 aliphatic heterocycles. The van der Waals surface area contributed by atoms with Crippen molar-refractivity contribution in [3.63, 3.8) is 0 Å². The Labute approximate surface area is 203 Å². The average Bonchev–Trinajstić information content (AvgIpc) is 2.95. The van der Waals surface area contributed by atoms with E-state index in [1.165, 1.54) is 24.8 Å². The van der Waals surface area contributed by atoms with E-state index in [1.54, 1.807) is 17.8 Å². The van der Waals surface area contributed by atoms with Crippen LogP contribution in [0.4, 0.5) is 4.39 Å². The van der Waals surface area contributed by atoms with Crippen LogP contribution in [0.5, 0.6) is 0 Å². The highest BCUT2D eigenvalue weighted by atomic mass is 32.2. The predicted molar refractivity (Wildman–Crippen MR) is 138 cm³/mol. The van der Waals surface area contributed by atoms with Crippen LogP contribution in [0.15, 0.2) is 45.8 Å². The Morgan fingerprint density at radius 2 is 1.91 bits per heavy atom. The number of piperazine rings is 1. The summed E-state index contributed by atoms with van der Waals surface area (Å²) in [6.45, 7) is 11.6. The molecule has 0 aromatic rings. The summed E-state index contributed by atoms with van der Waals surface area (Å²) < 4.78 is 13.7. The number of nitrogens with zero attached hydrogens (tertiary/aromatic N) is 3. The number of rotatable bonds is 6. The molecule has 0 aromatic carbocycles. The van der Waals surface area contributed by atoms with Crippen LogP contribution in [0.3, 0.4) is 0 Å². The number of nitrogens with two attached hydrogens (primary N) is 1. The van der Waals surface area contributed by atoms with E-state index in [0.717, 1.165) is 74.5 Å². The van der Waals surface area contributed by atoms with Gasteiger partial charge in [-0.2, -0.15) is 0 Å². The smallest absolute Gasteiger partial charge is 0.236 e. The molecular formula is C26H41FN4OS. The van der Waals surface area contributed by atoms with Gasteiger partial charge in [-0.1, -0.05) is 38.0 Å². The summed E-state index contributed by atoms with van der Waals surface area (Å²) in [6.07, 6.45) is 11.0. The zero-order valence-electron chi connectivity index (χ0n) is 20.6. The molecule has 0 radical (unpaired) electrons. The fraction of sp³-hybridized carbons (Fsp3) is 0.654. The molecule has 4 rings (SSSR count). The number of carbonyl (C=O) groups excluding carboxylic acids is 1. The van der Waals surface area contributed by atoms with Crippen molar-refractivity contribution in [2.75, 3.05) is 51.6 Å². The van der Waals surface area contributed by atoms with Crippen LogP contribution < -0.4 is 5.73 Å². The molecule has 1 amide bonds. The summed E-state index contributed by atoms with van der Waals surface area (Å²) in [5.74, 6) is 0.885. The van der Waals surface area contributed by atoms with E-state index in [1.807, 2.05) is 37.8 Å². The van der Waals surface area contributed by atoms with Gasteiger partial charge in [0.05, 0.1) is 6.54 Å². The molecule has 2 fully saturated rings. The maximum absolute atomic E-state index is 13.7. The maximum atomic E-state index is 13.7. The Kier molecular flexibility index (Phi) is 10.1. The molecule has 0 bridgehead atoms. The van der Waals surface area contributed by atoms with Crippen molar-refractivity contribution in [1.29, 1.82) is 0 Å². The molecule has 0 spiro atoms. The first kappa shape index (κ1) is 26.0. The number of halogens is 1. The molecule has 7 heteroatoms. The number of hydrogen-bond donors (Lipinski definition) is 1. The molecule has 2 heterocycles. The molecule has 0 aromatic heterocycles. The van der Waals surface area contributed by atoms with Crippen molar-refractivity contribution >= 4 is 17.7 Å². The van der Waals surface area contributed by atoms with Gasteiger partial charge in [-0.25, -0.2) is 4.39 Å². The minimum absolute atomic E-state index is 0.158. The van der Waals surface area contributed by atoms with Crippen LogP contribution in [0.1, 0.15) is 52.9 Å². The lowest BCUT2D eigenvalue weighted by Gasteiger charge is -2.43. The van der Waals surface area contributed by atoms with Crippen molar-refractivity contribution in [2.24, 2.45) is 5.73 Å². The lowest BCUT2D eigenvalue weighted by Crippen LogP contribution is -2.55. The zero-order valence-corrected chi connectivity index (χ0v) is 21.4. The monoisotopic (exact) mass is 476 g/mol. The third kappa shape index (κ3) is 7.20. The summed E-state index contributed by atoms with van der Waals surface area (Å²) in [5.41, 5.74) is 9.12. The van der Waals surface area contributed by atoms with E-state index in [2.05, 4.69) is 9.80 Å². The van der Waals surface area contributed by atoms with Gasteiger partial charge in [0.15, 0.2) is 0 Å². The standard InChI is InChI=1S/C24H35FN4OS.C2H6/c1-18-14-19(4-2-7-21(18)25)17-31-23-15-27(9-8-22(23)26)16-24(30)29-12-10-28(11-13-29)20-5-3-6-20;1-2/h2,7,14,20H,3-6,8-13,15-17,26H2,1H3;1-2H3. The molecule has 4 aliphatic rings. The van der Waals surface area contributed by atoms with Gasteiger partial charge in [0.2, 0.25) is 5.91 Å². The van der Waals surface area contributed by atoms with Gasteiger partial charge in [-0.05, 0) is 37.8 Å². The van der Waals surface area contributed by atoms with E-state index in [0.29, 0.717) is 12.1 Å². The first-order chi connectivity index (χ1) is 16.0. The molecule has 2 aliphatic carbocycles. The Morgan fingerprint density at radius 1 is 1.18 bits per heavy atom. The van der Waals surface area contributed by atoms with Gasteiger partial charge in [0.1, 0.15) is 5.83 Å². The van der Waals surface area contributed by atoms with Crippen molar-refractivity contribution in [3.8, 4) is 0 Å². The van der Waals surface area contributed by atoms with Crippen LogP contribution in [-0.4, -0.2) is 78.2 Å². The largest absolute Gasteiger partial charge is 0.401 e. The molecule has 1 saturated heterocycles. The van der Waals surface area contributed by atoms with Crippen molar-refractivity contribution < 1.29 is 9.18 Å². The van der Waals surface area contributed by atoms with E-state index < -0.39 is 0 Å². The van der Waals surface area contributed by atoms with Crippen molar-refractivity contribution in [3.05, 3.63) is 45.8 Å². The minimum atomic E-state index is -0.158. The molecular weight excluding hydrogens is 435 g/mol. The van der Waals surface area contributed by atoms with Gasteiger partial charge in [0.25, 0.3) is 0 Å². The second kappa shape index (κ2) is 12.8. The van der Waals surface area contributed by atoms with Crippen molar-refractivity contribution in [1.82, 2.24) is 14.7 Å². The number of carbonyl (C=O) groups is 1. The molecule has 0 unspecified atom stereocenters. The first-order valence-electron chi connectivity index (χ1n) is 12.6. The highest BCUT2D eigenvalue weighted by molar-refractivity contribution is 8.03. The maximum Gasteiger partial charge on any atom is 0.236 e. The van der Waals surface area contributed by atoms with Crippen LogP contribution in [0, 0.1) is 0 Å². The summed E-state index contributed by atoms with van der Waals surface area (Å²) in [4.78, 5) is 20.9. The third-order valence-electron chi connectivity index (χ3n) is 6.91. The molecule has 184 valence electrons. The van der Waals surface area contributed by atoms with Gasteiger partial charge in [-0.15, -0.1) is 11.8 Å². The van der Waals surface area contributed by atoms with E-state index in [9.17, 15) is 9.18 Å². The highest BCUT2D eigenvalue weighted by Gasteiger charge is 2.30.